The largest absolute Gasteiger partial charge is 0.391 e. The summed E-state index contributed by atoms with van der Waals surface area (Å²) in [5.74, 6) is -0.577. The van der Waals surface area contributed by atoms with Gasteiger partial charge in [0.15, 0.2) is 5.79 Å². The van der Waals surface area contributed by atoms with Gasteiger partial charge in [-0.05, 0) is 12.8 Å². The van der Waals surface area contributed by atoms with E-state index in [0.29, 0.717) is 13.0 Å². The van der Waals surface area contributed by atoms with E-state index in [-0.39, 0.29) is 6.10 Å². The van der Waals surface area contributed by atoms with Crippen LogP contribution in [0.1, 0.15) is 25.7 Å². The average molecular weight is 202 g/mol. The second kappa shape index (κ2) is 4.14. The zero-order valence-electron chi connectivity index (χ0n) is 8.57. The van der Waals surface area contributed by atoms with E-state index < -0.39 is 11.9 Å². The number of hydrogen-bond donors (Lipinski definition) is 1. The second-order valence-corrected chi connectivity index (χ2v) is 4.04. The van der Waals surface area contributed by atoms with E-state index >= 15 is 0 Å². The van der Waals surface area contributed by atoms with Gasteiger partial charge in [0.2, 0.25) is 0 Å². The highest BCUT2D eigenvalue weighted by atomic mass is 16.7. The van der Waals surface area contributed by atoms with Crippen LogP contribution in [0.25, 0.3) is 0 Å². The van der Waals surface area contributed by atoms with Gasteiger partial charge in [-0.2, -0.15) is 0 Å². The SMILES string of the molecule is CO[C@H]1C[C@@H](O)CO[C@@]12CCCCO2. The Bertz CT molecular complexity index is 189. The summed E-state index contributed by atoms with van der Waals surface area (Å²) in [6.45, 7) is 1.09. The van der Waals surface area contributed by atoms with E-state index in [9.17, 15) is 5.11 Å². The molecule has 2 aliphatic rings. The first kappa shape index (κ1) is 10.4. The molecule has 2 heterocycles. The van der Waals surface area contributed by atoms with Crippen molar-refractivity contribution in [2.45, 2.75) is 43.7 Å². The second-order valence-electron chi connectivity index (χ2n) is 4.04. The predicted molar refractivity (Wildman–Crippen MR) is 49.9 cm³/mol. The molecule has 4 nitrogen and oxygen atoms in total. The van der Waals surface area contributed by atoms with Crippen molar-refractivity contribution >= 4 is 0 Å². The fraction of sp³-hybridized carbons (Fsp3) is 1.00. The molecule has 0 bridgehead atoms. The minimum atomic E-state index is -0.577. The van der Waals surface area contributed by atoms with Crippen LogP contribution in [0.2, 0.25) is 0 Å². The van der Waals surface area contributed by atoms with Gasteiger partial charge in [0.1, 0.15) is 6.10 Å². The third-order valence-corrected chi connectivity index (χ3v) is 3.05. The third kappa shape index (κ3) is 1.80. The number of methoxy groups -OCH3 is 1. The number of hydrogen-bond acceptors (Lipinski definition) is 4. The number of rotatable bonds is 1. The lowest BCUT2D eigenvalue weighted by atomic mass is 9.93. The highest BCUT2D eigenvalue weighted by Crippen LogP contribution is 2.36. The molecular formula is C10H18O4. The normalized spacial score (nSPS) is 44.1. The zero-order valence-corrected chi connectivity index (χ0v) is 8.57. The highest BCUT2D eigenvalue weighted by molar-refractivity contribution is 4.88. The van der Waals surface area contributed by atoms with Gasteiger partial charge in [-0.1, -0.05) is 0 Å². The molecule has 0 amide bonds. The molecule has 0 aromatic heterocycles. The van der Waals surface area contributed by atoms with Crippen LogP contribution in [0.5, 0.6) is 0 Å². The summed E-state index contributed by atoms with van der Waals surface area (Å²) in [7, 11) is 1.64. The smallest absolute Gasteiger partial charge is 0.194 e. The Morgan fingerprint density at radius 1 is 1.36 bits per heavy atom. The Labute approximate surface area is 84.1 Å². The van der Waals surface area contributed by atoms with Crippen molar-refractivity contribution in [3.63, 3.8) is 0 Å². The average Bonchev–Trinajstić information content (AvgIpc) is 2.23. The van der Waals surface area contributed by atoms with Crippen molar-refractivity contribution in [1.29, 1.82) is 0 Å². The first-order chi connectivity index (χ1) is 6.77. The Morgan fingerprint density at radius 3 is 2.86 bits per heavy atom. The standard InChI is InChI=1S/C10H18O4/c1-12-9-6-8(11)7-14-10(9)4-2-3-5-13-10/h8-9,11H,2-7H2,1H3/t8-,9+,10+/m1/s1. The van der Waals surface area contributed by atoms with Gasteiger partial charge < -0.3 is 19.3 Å². The summed E-state index contributed by atoms with van der Waals surface area (Å²) in [6, 6.07) is 0. The predicted octanol–water partition coefficient (Wildman–Crippen LogP) is 0.679. The monoisotopic (exact) mass is 202 g/mol. The quantitative estimate of drug-likeness (QED) is 0.679. The molecule has 0 radical (unpaired) electrons. The lowest BCUT2D eigenvalue weighted by molar-refractivity contribution is -0.331. The molecular weight excluding hydrogens is 184 g/mol. The van der Waals surface area contributed by atoms with Crippen molar-refractivity contribution in [1.82, 2.24) is 0 Å². The van der Waals surface area contributed by atoms with Crippen LogP contribution in [0.3, 0.4) is 0 Å². The molecule has 1 spiro atoms. The van der Waals surface area contributed by atoms with Crippen molar-refractivity contribution in [3.05, 3.63) is 0 Å². The fourth-order valence-electron chi connectivity index (χ4n) is 2.26. The third-order valence-electron chi connectivity index (χ3n) is 3.05. The summed E-state index contributed by atoms with van der Waals surface area (Å²) in [4.78, 5) is 0. The number of aliphatic hydroxyl groups is 1. The first-order valence-electron chi connectivity index (χ1n) is 5.25. The Balaban J connectivity index is 2.06. The summed E-state index contributed by atoms with van der Waals surface area (Å²) in [5.41, 5.74) is 0. The van der Waals surface area contributed by atoms with Crippen molar-refractivity contribution in [3.8, 4) is 0 Å². The minimum Gasteiger partial charge on any atom is -0.391 e. The lowest BCUT2D eigenvalue weighted by Crippen LogP contribution is -2.56. The molecule has 14 heavy (non-hydrogen) atoms. The lowest BCUT2D eigenvalue weighted by Gasteiger charge is -2.46. The molecule has 2 saturated heterocycles. The molecule has 0 unspecified atom stereocenters. The summed E-state index contributed by atoms with van der Waals surface area (Å²) >= 11 is 0. The van der Waals surface area contributed by atoms with E-state index in [4.69, 9.17) is 14.2 Å². The first-order valence-corrected chi connectivity index (χ1v) is 5.25. The van der Waals surface area contributed by atoms with Gasteiger partial charge in [-0.15, -0.1) is 0 Å². The van der Waals surface area contributed by atoms with Gasteiger partial charge >= 0.3 is 0 Å². The van der Waals surface area contributed by atoms with Crippen LogP contribution in [0.15, 0.2) is 0 Å². The topological polar surface area (TPSA) is 47.9 Å². The van der Waals surface area contributed by atoms with Gasteiger partial charge in [0, 0.05) is 20.0 Å². The van der Waals surface area contributed by atoms with E-state index in [1.807, 2.05) is 0 Å². The molecule has 82 valence electrons. The van der Waals surface area contributed by atoms with Gasteiger partial charge in [-0.3, -0.25) is 0 Å². The van der Waals surface area contributed by atoms with Gasteiger partial charge in [0.05, 0.1) is 19.3 Å². The van der Waals surface area contributed by atoms with E-state index in [1.165, 1.54) is 0 Å². The zero-order chi connectivity index (χ0) is 10.0. The maximum Gasteiger partial charge on any atom is 0.194 e. The van der Waals surface area contributed by atoms with Crippen molar-refractivity contribution < 1.29 is 19.3 Å². The van der Waals surface area contributed by atoms with Crippen LogP contribution >= 0.6 is 0 Å². The summed E-state index contributed by atoms with van der Waals surface area (Å²) in [6.07, 6.45) is 3.12. The maximum atomic E-state index is 9.46. The van der Waals surface area contributed by atoms with Crippen LogP contribution in [-0.2, 0) is 14.2 Å². The highest BCUT2D eigenvalue weighted by Gasteiger charge is 2.47. The Morgan fingerprint density at radius 2 is 2.21 bits per heavy atom. The van der Waals surface area contributed by atoms with Crippen LogP contribution in [0, 0.1) is 0 Å². The number of aliphatic hydroxyl groups excluding tert-OH is 1. The van der Waals surface area contributed by atoms with Gasteiger partial charge in [0.25, 0.3) is 0 Å². The summed E-state index contributed by atoms with van der Waals surface area (Å²) < 4.78 is 16.7. The van der Waals surface area contributed by atoms with Crippen LogP contribution in [-0.4, -0.2) is 43.4 Å². The molecule has 2 aliphatic heterocycles. The molecule has 0 aliphatic carbocycles. The van der Waals surface area contributed by atoms with Crippen molar-refractivity contribution in [2.75, 3.05) is 20.3 Å². The molecule has 0 aromatic carbocycles. The van der Waals surface area contributed by atoms with Gasteiger partial charge in [-0.25, -0.2) is 0 Å². The molecule has 1 N–H and O–H groups in total. The molecule has 4 heteroatoms. The molecule has 2 rings (SSSR count). The number of ether oxygens (including phenoxy) is 3. The van der Waals surface area contributed by atoms with Crippen LogP contribution < -0.4 is 0 Å². The molecule has 0 aromatic rings. The van der Waals surface area contributed by atoms with E-state index in [0.717, 1.165) is 25.9 Å². The molecule has 3 atom stereocenters. The van der Waals surface area contributed by atoms with E-state index in [2.05, 4.69) is 0 Å². The summed E-state index contributed by atoms with van der Waals surface area (Å²) in [5, 5.41) is 9.46. The Kier molecular flexibility index (Phi) is 3.07. The van der Waals surface area contributed by atoms with Crippen molar-refractivity contribution in [2.24, 2.45) is 0 Å². The molecule has 0 saturated carbocycles. The van der Waals surface area contributed by atoms with Crippen LogP contribution in [0.4, 0.5) is 0 Å². The minimum absolute atomic E-state index is 0.133. The Hall–Kier alpha value is -0.160. The maximum absolute atomic E-state index is 9.46. The molecule has 2 fully saturated rings. The van der Waals surface area contributed by atoms with E-state index in [1.54, 1.807) is 7.11 Å². The fourth-order valence-corrected chi connectivity index (χ4v) is 2.26.